The summed E-state index contributed by atoms with van der Waals surface area (Å²) in [7, 11) is 0. The molecule has 0 aromatic carbocycles. The molecule has 21 heavy (non-hydrogen) atoms. The Morgan fingerprint density at radius 3 is 2.86 bits per heavy atom. The lowest BCUT2D eigenvalue weighted by Gasteiger charge is -2.21. The number of aliphatic hydroxyl groups is 1. The third-order valence-corrected chi connectivity index (χ3v) is 3.46. The Bertz CT molecular complexity index is 702. The van der Waals surface area contributed by atoms with E-state index in [4.69, 9.17) is 9.52 Å². The van der Waals surface area contributed by atoms with E-state index in [1.54, 1.807) is 6.92 Å². The van der Waals surface area contributed by atoms with Gasteiger partial charge < -0.3 is 19.8 Å². The van der Waals surface area contributed by atoms with Crippen molar-refractivity contribution in [3.63, 3.8) is 0 Å². The second-order valence-corrected chi connectivity index (χ2v) is 5.28. The fourth-order valence-electron chi connectivity index (χ4n) is 2.28. The molecule has 0 saturated heterocycles. The van der Waals surface area contributed by atoms with Crippen LogP contribution in [0.3, 0.4) is 0 Å². The van der Waals surface area contributed by atoms with Gasteiger partial charge in [-0.25, -0.2) is 4.98 Å². The summed E-state index contributed by atoms with van der Waals surface area (Å²) in [5.74, 6) is 0.117. The zero-order valence-electron chi connectivity index (χ0n) is 12.3. The molecule has 1 amide bonds. The van der Waals surface area contributed by atoms with Crippen LogP contribution in [0.4, 0.5) is 0 Å². The molecule has 0 spiro atoms. The Morgan fingerprint density at radius 2 is 2.24 bits per heavy atom. The van der Waals surface area contributed by atoms with E-state index in [0.717, 1.165) is 0 Å². The molecule has 7 nitrogen and oxygen atoms in total. The van der Waals surface area contributed by atoms with Gasteiger partial charge in [0.1, 0.15) is 11.1 Å². The number of aromatic amines is 1. The number of nitrogens with zero attached hydrogens (tertiary/aromatic N) is 1. The number of carbonyl (C=O) groups is 1. The van der Waals surface area contributed by atoms with Gasteiger partial charge in [-0.05, 0) is 19.3 Å². The summed E-state index contributed by atoms with van der Waals surface area (Å²) < 4.78 is 5.36. The standard InChI is InChI=1S/C14H19N3O4/c1-7(2)9(4-5-18)17-13(20)10-8(3)21-14-11(10)12(19)15-6-16-14/h6-7,9,18H,4-5H2,1-3H3,(H,17,20)(H,15,16,19). The van der Waals surface area contributed by atoms with E-state index >= 15 is 0 Å². The van der Waals surface area contributed by atoms with Gasteiger partial charge in [0.15, 0.2) is 0 Å². The maximum Gasteiger partial charge on any atom is 0.262 e. The lowest BCUT2D eigenvalue weighted by Crippen LogP contribution is -2.39. The summed E-state index contributed by atoms with van der Waals surface area (Å²) >= 11 is 0. The van der Waals surface area contributed by atoms with Crippen LogP contribution in [0.25, 0.3) is 11.1 Å². The molecular formula is C14H19N3O4. The summed E-state index contributed by atoms with van der Waals surface area (Å²) in [5.41, 5.74) is -0.0714. The maximum atomic E-state index is 12.4. The first-order valence-electron chi connectivity index (χ1n) is 6.84. The number of furan rings is 1. The number of rotatable bonds is 5. The van der Waals surface area contributed by atoms with E-state index in [1.807, 2.05) is 13.8 Å². The van der Waals surface area contributed by atoms with Crippen molar-refractivity contribution in [1.82, 2.24) is 15.3 Å². The average Bonchev–Trinajstić information content (AvgIpc) is 2.75. The van der Waals surface area contributed by atoms with Gasteiger partial charge in [0.2, 0.25) is 5.71 Å². The lowest BCUT2D eigenvalue weighted by molar-refractivity contribution is 0.0916. The number of carbonyl (C=O) groups excluding carboxylic acids is 1. The van der Waals surface area contributed by atoms with Crippen LogP contribution in [0, 0.1) is 12.8 Å². The van der Waals surface area contributed by atoms with E-state index in [0.29, 0.717) is 12.2 Å². The quantitative estimate of drug-likeness (QED) is 0.761. The van der Waals surface area contributed by atoms with Crippen molar-refractivity contribution in [2.45, 2.75) is 33.2 Å². The normalized spacial score (nSPS) is 12.8. The molecule has 1 atom stereocenters. The highest BCUT2D eigenvalue weighted by Gasteiger charge is 2.24. The predicted molar refractivity (Wildman–Crippen MR) is 77.2 cm³/mol. The predicted octanol–water partition coefficient (Wildman–Crippen LogP) is 0.961. The van der Waals surface area contributed by atoms with Crippen molar-refractivity contribution < 1.29 is 14.3 Å². The van der Waals surface area contributed by atoms with Crippen LogP contribution in [0.1, 0.15) is 36.4 Å². The summed E-state index contributed by atoms with van der Waals surface area (Å²) in [6.45, 7) is 5.51. The van der Waals surface area contributed by atoms with Crippen molar-refractivity contribution in [1.29, 1.82) is 0 Å². The summed E-state index contributed by atoms with van der Waals surface area (Å²) in [4.78, 5) is 30.7. The minimum absolute atomic E-state index is 0.0175. The van der Waals surface area contributed by atoms with Crippen LogP contribution in [0.2, 0.25) is 0 Å². The van der Waals surface area contributed by atoms with Crippen molar-refractivity contribution in [2.75, 3.05) is 6.61 Å². The number of nitrogens with one attached hydrogen (secondary N) is 2. The van der Waals surface area contributed by atoms with Gasteiger partial charge in [-0.1, -0.05) is 13.8 Å². The van der Waals surface area contributed by atoms with E-state index in [1.165, 1.54) is 6.33 Å². The first-order valence-corrected chi connectivity index (χ1v) is 6.84. The number of hydrogen-bond acceptors (Lipinski definition) is 5. The summed E-state index contributed by atoms with van der Waals surface area (Å²) in [5, 5.41) is 12.1. The number of hydrogen-bond donors (Lipinski definition) is 3. The molecule has 0 radical (unpaired) electrons. The molecule has 2 rings (SSSR count). The van der Waals surface area contributed by atoms with Gasteiger partial charge in [-0.3, -0.25) is 9.59 Å². The number of amides is 1. The van der Waals surface area contributed by atoms with Crippen molar-refractivity contribution in [2.24, 2.45) is 5.92 Å². The third kappa shape index (κ3) is 2.97. The molecule has 114 valence electrons. The minimum atomic E-state index is -0.412. The van der Waals surface area contributed by atoms with Crippen molar-refractivity contribution in [3.8, 4) is 0 Å². The van der Waals surface area contributed by atoms with Crippen LogP contribution in [0.5, 0.6) is 0 Å². The molecule has 0 aliphatic heterocycles. The Balaban J connectivity index is 2.40. The molecular weight excluding hydrogens is 274 g/mol. The first kappa shape index (κ1) is 15.2. The molecule has 2 aromatic rings. The molecule has 3 N–H and O–H groups in total. The minimum Gasteiger partial charge on any atom is -0.442 e. The highest BCUT2D eigenvalue weighted by atomic mass is 16.3. The average molecular weight is 293 g/mol. The van der Waals surface area contributed by atoms with Crippen LogP contribution in [0.15, 0.2) is 15.5 Å². The maximum absolute atomic E-state index is 12.4. The fourth-order valence-corrected chi connectivity index (χ4v) is 2.28. The van der Waals surface area contributed by atoms with Crippen molar-refractivity contribution in [3.05, 3.63) is 28.0 Å². The highest BCUT2D eigenvalue weighted by molar-refractivity contribution is 6.06. The number of fused-ring (bicyclic) bond motifs is 1. The van der Waals surface area contributed by atoms with E-state index in [9.17, 15) is 9.59 Å². The van der Waals surface area contributed by atoms with Gasteiger partial charge in [0.05, 0.1) is 11.9 Å². The number of H-pyrrole nitrogens is 1. The van der Waals surface area contributed by atoms with Gasteiger partial charge in [-0.15, -0.1) is 0 Å². The molecule has 2 heterocycles. The molecule has 0 fully saturated rings. The smallest absolute Gasteiger partial charge is 0.262 e. The van der Waals surface area contributed by atoms with Gasteiger partial charge >= 0.3 is 0 Å². The molecule has 0 saturated carbocycles. The third-order valence-electron chi connectivity index (χ3n) is 3.46. The SMILES string of the molecule is Cc1oc2nc[nH]c(=O)c2c1C(=O)NC(CCO)C(C)C. The summed E-state index contributed by atoms with van der Waals surface area (Å²) in [6.07, 6.45) is 1.69. The van der Waals surface area contributed by atoms with E-state index < -0.39 is 11.5 Å². The molecule has 1 unspecified atom stereocenters. The number of aliphatic hydroxyl groups excluding tert-OH is 1. The topological polar surface area (TPSA) is 108 Å². The van der Waals surface area contributed by atoms with Gasteiger partial charge in [-0.2, -0.15) is 0 Å². The van der Waals surface area contributed by atoms with Crippen LogP contribution < -0.4 is 10.9 Å². The lowest BCUT2D eigenvalue weighted by atomic mass is 10.0. The zero-order valence-corrected chi connectivity index (χ0v) is 12.3. The Hall–Kier alpha value is -2.15. The van der Waals surface area contributed by atoms with Crippen molar-refractivity contribution >= 4 is 17.0 Å². The number of aryl methyl sites for hydroxylation is 1. The van der Waals surface area contributed by atoms with Gasteiger partial charge in [0.25, 0.3) is 11.5 Å². The van der Waals surface area contributed by atoms with Crippen LogP contribution >= 0.6 is 0 Å². The Morgan fingerprint density at radius 1 is 1.52 bits per heavy atom. The van der Waals surface area contributed by atoms with Crippen LogP contribution in [-0.2, 0) is 0 Å². The molecule has 0 aliphatic carbocycles. The highest BCUT2D eigenvalue weighted by Crippen LogP contribution is 2.21. The molecule has 0 aliphatic rings. The molecule has 2 aromatic heterocycles. The Labute approximate surface area is 121 Å². The largest absolute Gasteiger partial charge is 0.442 e. The fraction of sp³-hybridized carbons (Fsp3) is 0.500. The second-order valence-electron chi connectivity index (χ2n) is 5.28. The first-order chi connectivity index (χ1) is 9.95. The van der Waals surface area contributed by atoms with E-state index in [2.05, 4.69) is 15.3 Å². The monoisotopic (exact) mass is 293 g/mol. The zero-order chi connectivity index (χ0) is 15.6. The Kier molecular flexibility index (Phi) is 4.42. The molecule has 7 heteroatoms. The van der Waals surface area contributed by atoms with E-state index in [-0.39, 0.29) is 35.2 Å². The number of aromatic nitrogens is 2. The second kappa shape index (κ2) is 6.09. The van der Waals surface area contributed by atoms with Crippen LogP contribution in [-0.4, -0.2) is 33.6 Å². The summed E-state index contributed by atoms with van der Waals surface area (Å²) in [6, 6.07) is -0.178. The van der Waals surface area contributed by atoms with Gasteiger partial charge in [0, 0.05) is 12.6 Å². The molecule has 0 bridgehead atoms.